The predicted molar refractivity (Wildman–Crippen MR) is 62.2 cm³/mol. The van der Waals surface area contributed by atoms with Crippen molar-refractivity contribution in [2.24, 2.45) is 29.6 Å². The first-order chi connectivity index (χ1) is 7.61. The minimum Gasteiger partial charge on any atom is -0.393 e. The summed E-state index contributed by atoms with van der Waals surface area (Å²) in [5.74, 6) is 2.18. The summed E-state index contributed by atoms with van der Waals surface area (Å²) >= 11 is 6.28. The van der Waals surface area contributed by atoms with Gasteiger partial charge in [-0.05, 0) is 49.9 Å². The maximum atomic E-state index is 12.0. The smallest absolute Gasteiger partial charge is 0.136 e. The Bertz CT molecular complexity index is 315. The molecule has 0 aromatic carbocycles. The van der Waals surface area contributed by atoms with Crippen molar-refractivity contribution in [1.29, 1.82) is 0 Å². The molecule has 90 valence electrons. The molecular weight excluding hydrogens is 224 g/mol. The van der Waals surface area contributed by atoms with Crippen LogP contribution in [0.1, 0.15) is 32.6 Å². The number of carbonyl (C=O) groups is 1. The van der Waals surface area contributed by atoms with Crippen LogP contribution in [0.15, 0.2) is 0 Å². The summed E-state index contributed by atoms with van der Waals surface area (Å²) in [6, 6.07) is 0. The molecule has 0 radical (unpaired) electrons. The third-order valence-corrected chi connectivity index (χ3v) is 5.52. The summed E-state index contributed by atoms with van der Waals surface area (Å²) in [6.45, 7) is 2.05. The first-order valence-electron chi connectivity index (χ1n) is 6.46. The van der Waals surface area contributed by atoms with E-state index in [4.69, 9.17) is 11.6 Å². The molecule has 0 amide bonds. The van der Waals surface area contributed by atoms with Gasteiger partial charge < -0.3 is 5.11 Å². The van der Waals surface area contributed by atoms with E-state index in [9.17, 15) is 9.90 Å². The van der Waals surface area contributed by atoms with Gasteiger partial charge in [0.25, 0.3) is 0 Å². The first kappa shape index (κ1) is 11.0. The monoisotopic (exact) mass is 242 g/mol. The second-order valence-electron chi connectivity index (χ2n) is 5.84. The van der Waals surface area contributed by atoms with E-state index in [0.29, 0.717) is 36.4 Å². The summed E-state index contributed by atoms with van der Waals surface area (Å²) in [5, 5.41) is 10.3. The molecular formula is C13H19ClO2. The molecule has 3 heteroatoms. The average molecular weight is 243 g/mol. The summed E-state index contributed by atoms with van der Waals surface area (Å²) in [7, 11) is 0. The molecule has 1 N–H and O–H groups in total. The van der Waals surface area contributed by atoms with Gasteiger partial charge in [0.2, 0.25) is 0 Å². The fourth-order valence-corrected chi connectivity index (χ4v) is 5.19. The molecule has 16 heavy (non-hydrogen) atoms. The Balaban J connectivity index is 1.94. The van der Waals surface area contributed by atoms with Crippen LogP contribution in [0.25, 0.3) is 0 Å². The van der Waals surface area contributed by atoms with E-state index in [2.05, 4.69) is 0 Å². The molecule has 2 bridgehead atoms. The van der Waals surface area contributed by atoms with Crippen LogP contribution >= 0.6 is 11.6 Å². The van der Waals surface area contributed by atoms with Crippen molar-refractivity contribution in [3.8, 4) is 0 Å². The maximum absolute atomic E-state index is 12.0. The van der Waals surface area contributed by atoms with Crippen molar-refractivity contribution in [2.45, 2.75) is 44.1 Å². The third-order valence-electron chi connectivity index (χ3n) is 5.23. The highest BCUT2D eigenvalue weighted by Crippen LogP contribution is 2.61. The molecule has 0 spiro atoms. The van der Waals surface area contributed by atoms with E-state index >= 15 is 0 Å². The molecule has 7 atom stereocenters. The Morgan fingerprint density at radius 3 is 2.62 bits per heavy atom. The van der Waals surface area contributed by atoms with Crippen molar-refractivity contribution in [2.75, 3.05) is 0 Å². The average Bonchev–Trinajstić information content (AvgIpc) is 2.79. The number of hydrogen-bond donors (Lipinski definition) is 1. The highest BCUT2D eigenvalue weighted by molar-refractivity contribution is 6.20. The number of halogens is 1. The van der Waals surface area contributed by atoms with Gasteiger partial charge in [-0.2, -0.15) is 0 Å². The number of Topliss-reactive ketones (excluding diaryl/α,β-unsaturated/α-hetero) is 1. The molecule has 3 fully saturated rings. The van der Waals surface area contributed by atoms with Crippen LogP contribution in [0.2, 0.25) is 0 Å². The van der Waals surface area contributed by atoms with Gasteiger partial charge >= 0.3 is 0 Å². The quantitative estimate of drug-likeness (QED) is 0.716. The maximum Gasteiger partial charge on any atom is 0.136 e. The number of aliphatic hydroxyl groups excluding tert-OH is 1. The normalized spacial score (nSPS) is 52.8. The molecule has 3 aliphatic rings. The third kappa shape index (κ3) is 1.32. The molecule has 0 aromatic heterocycles. The van der Waals surface area contributed by atoms with Crippen molar-refractivity contribution in [1.82, 2.24) is 0 Å². The Kier molecular flexibility index (Phi) is 2.56. The van der Waals surface area contributed by atoms with Gasteiger partial charge in [-0.3, -0.25) is 4.79 Å². The first-order valence-corrected chi connectivity index (χ1v) is 6.89. The van der Waals surface area contributed by atoms with Crippen molar-refractivity contribution in [3.05, 3.63) is 0 Å². The molecule has 0 aromatic rings. The largest absolute Gasteiger partial charge is 0.393 e. The number of aliphatic hydroxyl groups is 1. The molecule has 0 heterocycles. The van der Waals surface area contributed by atoms with Gasteiger partial charge in [0.05, 0.1) is 6.10 Å². The minimum absolute atomic E-state index is 0.133. The zero-order valence-electron chi connectivity index (χ0n) is 9.60. The lowest BCUT2D eigenvalue weighted by Gasteiger charge is -2.37. The Morgan fingerprint density at radius 2 is 2.00 bits per heavy atom. The zero-order chi connectivity index (χ0) is 11.4. The minimum atomic E-state index is -0.254. The lowest BCUT2D eigenvalue weighted by molar-refractivity contribution is -0.133. The van der Waals surface area contributed by atoms with Gasteiger partial charge in [-0.1, -0.05) is 0 Å². The highest BCUT2D eigenvalue weighted by Gasteiger charge is 2.60. The fraction of sp³-hybridized carbons (Fsp3) is 0.923. The van der Waals surface area contributed by atoms with Crippen molar-refractivity contribution >= 4 is 17.4 Å². The van der Waals surface area contributed by atoms with Crippen LogP contribution in [0.3, 0.4) is 0 Å². The van der Waals surface area contributed by atoms with Gasteiger partial charge in [0.15, 0.2) is 0 Å². The van der Waals surface area contributed by atoms with Gasteiger partial charge in [0.1, 0.15) is 5.78 Å². The molecule has 1 unspecified atom stereocenters. The van der Waals surface area contributed by atoms with E-state index in [-0.39, 0.29) is 23.3 Å². The fourth-order valence-electron chi connectivity index (χ4n) is 4.82. The van der Waals surface area contributed by atoms with Gasteiger partial charge in [0, 0.05) is 17.7 Å². The number of hydrogen-bond acceptors (Lipinski definition) is 2. The summed E-state index contributed by atoms with van der Waals surface area (Å²) < 4.78 is 0. The Hall–Kier alpha value is -0.0800. The number of rotatable bonds is 1. The van der Waals surface area contributed by atoms with Crippen LogP contribution in [0.4, 0.5) is 0 Å². The lowest BCUT2D eigenvalue weighted by Crippen LogP contribution is -2.41. The van der Waals surface area contributed by atoms with E-state index in [1.54, 1.807) is 0 Å². The molecule has 0 aliphatic heterocycles. The number of alkyl halides is 1. The van der Waals surface area contributed by atoms with E-state index in [1.807, 2.05) is 6.92 Å². The van der Waals surface area contributed by atoms with Crippen molar-refractivity contribution in [3.63, 3.8) is 0 Å². The second kappa shape index (κ2) is 3.71. The number of fused-ring (bicyclic) bond motifs is 5. The number of carbonyl (C=O) groups excluding carboxylic acids is 1. The summed E-state index contributed by atoms with van der Waals surface area (Å²) in [6.07, 6.45) is 3.31. The summed E-state index contributed by atoms with van der Waals surface area (Å²) in [5.41, 5.74) is 0. The van der Waals surface area contributed by atoms with Crippen LogP contribution in [0.5, 0.6) is 0 Å². The zero-order valence-corrected chi connectivity index (χ0v) is 10.4. The SMILES string of the molecule is CC(Cl)[C@H]1[C@@H]2CC[C@H]1[C@H]1[C@H]2C(=O)CC[C@H]1O. The standard InChI is InChI=1S/C13H19ClO2/c1-6(14)11-7-2-3-8(11)13-10(16)5-4-9(15)12(7)13/h6-9,11-13,15H,2-5H2,1H3/t6?,7-,8+,9-,11-,12-,13-/m1/s1. The molecule has 3 saturated carbocycles. The van der Waals surface area contributed by atoms with Crippen LogP contribution in [0, 0.1) is 29.6 Å². The van der Waals surface area contributed by atoms with E-state index in [1.165, 1.54) is 0 Å². The molecule has 0 saturated heterocycles. The molecule has 3 rings (SSSR count). The van der Waals surface area contributed by atoms with Gasteiger partial charge in [-0.15, -0.1) is 11.6 Å². The van der Waals surface area contributed by atoms with E-state index in [0.717, 1.165) is 12.8 Å². The second-order valence-corrected chi connectivity index (χ2v) is 6.52. The number of ketones is 1. The van der Waals surface area contributed by atoms with E-state index < -0.39 is 0 Å². The highest BCUT2D eigenvalue weighted by atomic mass is 35.5. The molecule has 3 aliphatic carbocycles. The van der Waals surface area contributed by atoms with Crippen molar-refractivity contribution < 1.29 is 9.90 Å². The lowest BCUT2D eigenvalue weighted by atomic mass is 9.69. The summed E-state index contributed by atoms with van der Waals surface area (Å²) in [4.78, 5) is 12.0. The Labute approximate surface area is 101 Å². The topological polar surface area (TPSA) is 37.3 Å². The van der Waals surface area contributed by atoms with Crippen LogP contribution in [-0.4, -0.2) is 22.4 Å². The van der Waals surface area contributed by atoms with Crippen LogP contribution in [-0.2, 0) is 4.79 Å². The Morgan fingerprint density at radius 1 is 1.31 bits per heavy atom. The van der Waals surface area contributed by atoms with Gasteiger partial charge in [-0.25, -0.2) is 0 Å². The predicted octanol–water partition coefficient (Wildman–Crippen LogP) is 2.23. The molecule has 2 nitrogen and oxygen atoms in total. The van der Waals surface area contributed by atoms with Crippen LogP contribution < -0.4 is 0 Å².